The summed E-state index contributed by atoms with van der Waals surface area (Å²) in [5.74, 6) is 0.211. The minimum Gasteiger partial charge on any atom is -0.375 e. The van der Waals surface area contributed by atoms with Crippen LogP contribution in [0.1, 0.15) is 52.4 Å². The second kappa shape index (κ2) is 4.12. The first-order valence-corrected chi connectivity index (χ1v) is 6.10. The van der Waals surface area contributed by atoms with Gasteiger partial charge in [0.2, 0.25) is 5.91 Å². The zero-order chi connectivity index (χ0) is 10.9. The Balaban J connectivity index is 1.93. The molecule has 0 saturated carbocycles. The Hall–Kier alpha value is -0.570. The second-order valence-electron chi connectivity index (χ2n) is 5.03. The first kappa shape index (κ1) is 10.9. The number of rotatable bonds is 3. The van der Waals surface area contributed by atoms with Gasteiger partial charge in [0.1, 0.15) is 0 Å². The van der Waals surface area contributed by atoms with Gasteiger partial charge in [-0.1, -0.05) is 6.92 Å². The van der Waals surface area contributed by atoms with Crippen LogP contribution in [-0.2, 0) is 9.53 Å². The molecule has 0 aliphatic carbocycles. The number of carbonyl (C=O) groups excluding carboxylic acids is 1. The van der Waals surface area contributed by atoms with Gasteiger partial charge in [0.25, 0.3) is 0 Å². The zero-order valence-electron chi connectivity index (χ0n) is 9.71. The average molecular weight is 211 g/mol. The van der Waals surface area contributed by atoms with Crippen molar-refractivity contribution < 1.29 is 9.53 Å². The number of hydrogen-bond acceptors (Lipinski definition) is 2. The van der Waals surface area contributed by atoms with Gasteiger partial charge in [-0.3, -0.25) is 4.79 Å². The molecular formula is C12H21NO2. The molecule has 0 spiro atoms. The lowest BCUT2D eigenvalue weighted by atomic mass is 9.87. The molecule has 0 bridgehead atoms. The standard InChI is InChI=1S/C12H21NO2/c1-3-12(7-6-11(14)13-12)8-10-5-4-9(2)15-10/h9-10H,3-8H2,1-2H3,(H,13,14). The molecule has 86 valence electrons. The van der Waals surface area contributed by atoms with Gasteiger partial charge >= 0.3 is 0 Å². The van der Waals surface area contributed by atoms with Gasteiger partial charge in [-0.05, 0) is 39.0 Å². The molecule has 0 aromatic heterocycles. The molecule has 3 atom stereocenters. The first-order valence-electron chi connectivity index (χ1n) is 6.10. The Morgan fingerprint density at radius 3 is 2.80 bits per heavy atom. The molecular weight excluding hydrogens is 190 g/mol. The van der Waals surface area contributed by atoms with E-state index in [-0.39, 0.29) is 11.4 Å². The van der Waals surface area contributed by atoms with E-state index in [0.717, 1.165) is 25.7 Å². The van der Waals surface area contributed by atoms with Crippen molar-refractivity contribution in [2.45, 2.75) is 70.1 Å². The van der Waals surface area contributed by atoms with Crippen molar-refractivity contribution >= 4 is 5.91 Å². The molecule has 15 heavy (non-hydrogen) atoms. The maximum absolute atomic E-state index is 11.3. The van der Waals surface area contributed by atoms with Crippen molar-refractivity contribution in [2.24, 2.45) is 0 Å². The van der Waals surface area contributed by atoms with Crippen molar-refractivity contribution in [3.8, 4) is 0 Å². The Morgan fingerprint density at radius 1 is 1.53 bits per heavy atom. The van der Waals surface area contributed by atoms with Crippen molar-refractivity contribution in [3.05, 3.63) is 0 Å². The van der Waals surface area contributed by atoms with Crippen LogP contribution < -0.4 is 5.32 Å². The predicted molar refractivity (Wildman–Crippen MR) is 58.6 cm³/mol. The molecule has 3 nitrogen and oxygen atoms in total. The fraction of sp³-hybridized carbons (Fsp3) is 0.917. The summed E-state index contributed by atoms with van der Waals surface area (Å²) in [6.07, 6.45) is 6.77. The number of nitrogens with one attached hydrogen (secondary N) is 1. The lowest BCUT2D eigenvalue weighted by Crippen LogP contribution is -2.43. The smallest absolute Gasteiger partial charge is 0.220 e. The van der Waals surface area contributed by atoms with Gasteiger partial charge in [0, 0.05) is 12.0 Å². The van der Waals surface area contributed by atoms with Crippen molar-refractivity contribution in [2.75, 3.05) is 0 Å². The molecule has 2 rings (SSSR count). The van der Waals surface area contributed by atoms with Crippen molar-refractivity contribution in [1.29, 1.82) is 0 Å². The summed E-state index contributed by atoms with van der Waals surface area (Å²) in [5.41, 5.74) is 0.0335. The van der Waals surface area contributed by atoms with Crippen LogP contribution in [-0.4, -0.2) is 23.7 Å². The molecule has 3 unspecified atom stereocenters. The molecule has 2 saturated heterocycles. The summed E-state index contributed by atoms with van der Waals surface area (Å²) < 4.78 is 5.83. The topological polar surface area (TPSA) is 38.3 Å². The van der Waals surface area contributed by atoms with Gasteiger partial charge in [-0.15, -0.1) is 0 Å². The molecule has 2 heterocycles. The monoisotopic (exact) mass is 211 g/mol. The lowest BCUT2D eigenvalue weighted by molar-refractivity contribution is -0.120. The molecule has 1 amide bonds. The predicted octanol–water partition coefficient (Wildman–Crippen LogP) is 2.00. The summed E-state index contributed by atoms with van der Waals surface area (Å²) in [7, 11) is 0. The van der Waals surface area contributed by atoms with Crippen LogP contribution in [0.2, 0.25) is 0 Å². The van der Waals surface area contributed by atoms with Crippen LogP contribution in [0.15, 0.2) is 0 Å². The van der Waals surface area contributed by atoms with E-state index in [1.165, 1.54) is 6.42 Å². The Labute approximate surface area is 91.6 Å². The van der Waals surface area contributed by atoms with Gasteiger partial charge in [-0.25, -0.2) is 0 Å². The van der Waals surface area contributed by atoms with E-state index in [2.05, 4.69) is 19.2 Å². The van der Waals surface area contributed by atoms with E-state index >= 15 is 0 Å². The van der Waals surface area contributed by atoms with Gasteiger partial charge in [0.05, 0.1) is 12.2 Å². The summed E-state index contributed by atoms with van der Waals surface area (Å²) in [6.45, 7) is 4.29. The van der Waals surface area contributed by atoms with E-state index in [4.69, 9.17) is 4.74 Å². The molecule has 2 aliphatic rings. The van der Waals surface area contributed by atoms with E-state index in [1.807, 2.05) is 0 Å². The fourth-order valence-corrected chi connectivity index (χ4v) is 2.81. The summed E-state index contributed by atoms with van der Waals surface area (Å²) in [5, 5.41) is 3.14. The maximum atomic E-state index is 11.3. The van der Waals surface area contributed by atoms with Crippen LogP contribution in [0.3, 0.4) is 0 Å². The van der Waals surface area contributed by atoms with Crippen LogP contribution in [0.4, 0.5) is 0 Å². The molecule has 0 aromatic rings. The quantitative estimate of drug-likeness (QED) is 0.775. The summed E-state index contributed by atoms with van der Waals surface area (Å²) >= 11 is 0. The highest BCUT2D eigenvalue weighted by Gasteiger charge is 2.39. The van der Waals surface area contributed by atoms with Gasteiger partial charge in [0.15, 0.2) is 0 Å². The SMILES string of the molecule is CCC1(CC2CCC(C)O2)CCC(=O)N1. The van der Waals surface area contributed by atoms with E-state index in [1.54, 1.807) is 0 Å². The van der Waals surface area contributed by atoms with Crippen LogP contribution in [0.5, 0.6) is 0 Å². The number of carbonyl (C=O) groups is 1. The van der Waals surface area contributed by atoms with Crippen LogP contribution >= 0.6 is 0 Å². The minimum atomic E-state index is 0.0335. The van der Waals surface area contributed by atoms with E-state index < -0.39 is 0 Å². The normalized spacial score (nSPS) is 40.8. The largest absolute Gasteiger partial charge is 0.375 e. The summed E-state index contributed by atoms with van der Waals surface area (Å²) in [6, 6.07) is 0. The fourth-order valence-electron chi connectivity index (χ4n) is 2.81. The maximum Gasteiger partial charge on any atom is 0.220 e. The number of ether oxygens (including phenoxy) is 1. The Morgan fingerprint density at radius 2 is 2.33 bits per heavy atom. The van der Waals surface area contributed by atoms with E-state index in [9.17, 15) is 4.79 Å². The lowest BCUT2D eigenvalue weighted by Gasteiger charge is -2.30. The Kier molecular flexibility index (Phi) is 3.01. The Bertz CT molecular complexity index is 254. The highest BCUT2D eigenvalue weighted by Crippen LogP contribution is 2.33. The summed E-state index contributed by atoms with van der Waals surface area (Å²) in [4.78, 5) is 11.3. The third-order valence-corrected chi connectivity index (χ3v) is 3.85. The van der Waals surface area contributed by atoms with Crippen molar-refractivity contribution in [3.63, 3.8) is 0 Å². The third-order valence-electron chi connectivity index (χ3n) is 3.85. The third kappa shape index (κ3) is 2.33. The van der Waals surface area contributed by atoms with Gasteiger partial charge < -0.3 is 10.1 Å². The van der Waals surface area contributed by atoms with Gasteiger partial charge in [-0.2, -0.15) is 0 Å². The zero-order valence-corrected chi connectivity index (χ0v) is 9.71. The molecule has 2 fully saturated rings. The van der Waals surface area contributed by atoms with Crippen molar-refractivity contribution in [1.82, 2.24) is 5.32 Å². The molecule has 2 aliphatic heterocycles. The minimum absolute atomic E-state index is 0.0335. The van der Waals surface area contributed by atoms with Crippen LogP contribution in [0.25, 0.3) is 0 Å². The molecule has 3 heteroatoms. The number of hydrogen-bond donors (Lipinski definition) is 1. The second-order valence-corrected chi connectivity index (χ2v) is 5.03. The molecule has 0 aromatic carbocycles. The first-order chi connectivity index (χ1) is 7.13. The molecule has 1 N–H and O–H groups in total. The van der Waals surface area contributed by atoms with Crippen LogP contribution in [0, 0.1) is 0 Å². The molecule has 0 radical (unpaired) electrons. The number of amides is 1. The highest BCUT2D eigenvalue weighted by molar-refractivity contribution is 5.79. The van der Waals surface area contributed by atoms with E-state index in [0.29, 0.717) is 18.6 Å². The highest BCUT2D eigenvalue weighted by atomic mass is 16.5. The average Bonchev–Trinajstić information content (AvgIpc) is 2.75.